The molecule has 3 rings (SSSR count). The van der Waals surface area contributed by atoms with Gasteiger partial charge in [0.05, 0.1) is 11.4 Å². The van der Waals surface area contributed by atoms with Crippen molar-refractivity contribution in [1.29, 1.82) is 0 Å². The van der Waals surface area contributed by atoms with Crippen LogP contribution in [0.4, 0.5) is 0 Å². The van der Waals surface area contributed by atoms with Crippen molar-refractivity contribution in [1.82, 2.24) is 15.3 Å². The molecule has 2 heterocycles. The number of hydrogen-bond donors (Lipinski definition) is 1. The lowest BCUT2D eigenvalue weighted by Crippen LogP contribution is -2.11. The molecule has 1 unspecified atom stereocenters. The molecule has 0 spiro atoms. The number of nitrogens with zero attached hydrogens (tertiary/aromatic N) is 2. The Morgan fingerprint density at radius 1 is 1.35 bits per heavy atom. The predicted molar refractivity (Wildman–Crippen MR) is 64.6 cm³/mol. The molecule has 4 heteroatoms. The van der Waals surface area contributed by atoms with Gasteiger partial charge in [0.1, 0.15) is 6.10 Å². The van der Waals surface area contributed by atoms with Crippen LogP contribution in [0.5, 0.6) is 0 Å². The first-order valence-electron chi connectivity index (χ1n) is 6.46. The Bertz CT molecular complexity index is 425. The van der Waals surface area contributed by atoms with E-state index < -0.39 is 0 Å². The highest BCUT2D eigenvalue weighted by molar-refractivity contribution is 5.34. The smallest absolute Gasteiger partial charge is 0.157 e. The number of ether oxygens (including phenoxy) is 1. The minimum atomic E-state index is 0.0402. The molecule has 0 saturated heterocycles. The van der Waals surface area contributed by atoms with Gasteiger partial charge >= 0.3 is 0 Å². The maximum atomic E-state index is 5.46. The number of fused-ring (bicyclic) bond motifs is 1. The summed E-state index contributed by atoms with van der Waals surface area (Å²) in [4.78, 5) is 9.44. The summed E-state index contributed by atoms with van der Waals surface area (Å²) in [5.74, 6) is 1.55. The van der Waals surface area contributed by atoms with E-state index in [2.05, 4.69) is 17.2 Å². The third kappa shape index (κ3) is 1.96. The van der Waals surface area contributed by atoms with E-state index >= 15 is 0 Å². The van der Waals surface area contributed by atoms with Gasteiger partial charge < -0.3 is 10.1 Å². The fourth-order valence-corrected chi connectivity index (χ4v) is 2.51. The third-order valence-electron chi connectivity index (χ3n) is 3.64. The summed E-state index contributed by atoms with van der Waals surface area (Å²) in [5.41, 5.74) is 3.82. The Hall–Kier alpha value is -1.00. The summed E-state index contributed by atoms with van der Waals surface area (Å²) in [7, 11) is 1.74. The van der Waals surface area contributed by atoms with Crippen LogP contribution in [0.25, 0.3) is 0 Å². The highest BCUT2D eigenvalue weighted by Crippen LogP contribution is 2.42. The van der Waals surface area contributed by atoms with Crippen molar-refractivity contribution in [3.8, 4) is 0 Å². The van der Waals surface area contributed by atoms with Crippen LogP contribution in [0, 0.1) is 0 Å². The summed E-state index contributed by atoms with van der Waals surface area (Å²) >= 11 is 0. The zero-order valence-electron chi connectivity index (χ0n) is 10.5. The first kappa shape index (κ1) is 11.1. The molecule has 1 saturated carbocycles. The molecular weight excluding hydrogens is 214 g/mol. The van der Waals surface area contributed by atoms with Crippen molar-refractivity contribution in [3.05, 3.63) is 22.8 Å². The highest BCUT2D eigenvalue weighted by Gasteiger charge is 2.32. The number of aromatic nitrogens is 2. The second-order valence-electron chi connectivity index (χ2n) is 4.90. The highest BCUT2D eigenvalue weighted by atomic mass is 16.5. The molecule has 1 aromatic heterocycles. The second-order valence-corrected chi connectivity index (χ2v) is 4.90. The Morgan fingerprint density at radius 3 is 2.82 bits per heavy atom. The summed E-state index contributed by atoms with van der Waals surface area (Å²) < 4.78 is 5.46. The maximum absolute atomic E-state index is 5.46. The molecular formula is C13H19N3O. The zero-order valence-corrected chi connectivity index (χ0v) is 10.5. The van der Waals surface area contributed by atoms with Crippen molar-refractivity contribution in [2.75, 3.05) is 7.11 Å². The molecule has 92 valence electrons. The quantitative estimate of drug-likeness (QED) is 0.864. The summed E-state index contributed by atoms with van der Waals surface area (Å²) in [6.45, 7) is 3.93. The Balaban J connectivity index is 2.02. The topological polar surface area (TPSA) is 47.0 Å². The maximum Gasteiger partial charge on any atom is 0.157 e. The second kappa shape index (κ2) is 4.35. The van der Waals surface area contributed by atoms with Crippen molar-refractivity contribution in [2.45, 2.75) is 51.3 Å². The Kier molecular flexibility index (Phi) is 2.84. The summed E-state index contributed by atoms with van der Waals surface area (Å²) in [6.07, 6.45) is 3.53. The fraction of sp³-hybridized carbons (Fsp3) is 0.692. The van der Waals surface area contributed by atoms with E-state index in [1.807, 2.05) is 0 Å². The van der Waals surface area contributed by atoms with Gasteiger partial charge in [0.2, 0.25) is 0 Å². The van der Waals surface area contributed by atoms with E-state index in [4.69, 9.17) is 9.72 Å². The minimum absolute atomic E-state index is 0.0402. The molecule has 1 aliphatic carbocycles. The molecule has 2 aliphatic rings. The average molecular weight is 233 g/mol. The number of methoxy groups -OCH3 is 1. The molecule has 1 N–H and O–H groups in total. The largest absolute Gasteiger partial charge is 0.373 e. The Morgan fingerprint density at radius 2 is 2.18 bits per heavy atom. The molecule has 0 aromatic carbocycles. The summed E-state index contributed by atoms with van der Waals surface area (Å²) in [6, 6.07) is 0. The van der Waals surface area contributed by atoms with E-state index in [0.717, 1.165) is 25.3 Å². The van der Waals surface area contributed by atoms with Crippen molar-refractivity contribution < 1.29 is 4.74 Å². The van der Waals surface area contributed by atoms with Crippen molar-refractivity contribution >= 4 is 0 Å². The van der Waals surface area contributed by atoms with Crippen LogP contribution in [0.1, 0.15) is 61.0 Å². The van der Waals surface area contributed by atoms with Gasteiger partial charge in [-0.15, -0.1) is 0 Å². The van der Waals surface area contributed by atoms with Gasteiger partial charge in [0, 0.05) is 31.7 Å². The van der Waals surface area contributed by atoms with Gasteiger partial charge in [-0.05, 0) is 19.3 Å². The van der Waals surface area contributed by atoms with Gasteiger partial charge in [-0.2, -0.15) is 0 Å². The standard InChI is InChI=1S/C13H19N3O/c1-3-11(17-2)13-15-10-7-14-6-9(10)12(16-13)8-4-5-8/h8,11,14H,3-7H2,1-2H3. The van der Waals surface area contributed by atoms with Crippen LogP contribution in [-0.4, -0.2) is 17.1 Å². The van der Waals surface area contributed by atoms with Gasteiger partial charge in [0.25, 0.3) is 0 Å². The van der Waals surface area contributed by atoms with Crippen LogP contribution in [-0.2, 0) is 17.8 Å². The van der Waals surface area contributed by atoms with E-state index in [-0.39, 0.29) is 6.10 Å². The lowest BCUT2D eigenvalue weighted by molar-refractivity contribution is 0.0921. The van der Waals surface area contributed by atoms with Gasteiger partial charge in [-0.3, -0.25) is 0 Å². The average Bonchev–Trinajstić information content (AvgIpc) is 3.08. The molecule has 0 radical (unpaired) electrons. The van der Waals surface area contributed by atoms with Crippen LogP contribution in [0.2, 0.25) is 0 Å². The van der Waals surface area contributed by atoms with Crippen LogP contribution in [0.3, 0.4) is 0 Å². The molecule has 0 bridgehead atoms. The van der Waals surface area contributed by atoms with Gasteiger partial charge in [0.15, 0.2) is 5.82 Å². The molecule has 1 aromatic rings. The first-order chi connectivity index (χ1) is 8.33. The molecule has 4 nitrogen and oxygen atoms in total. The molecule has 17 heavy (non-hydrogen) atoms. The molecule has 1 fully saturated rings. The van der Waals surface area contributed by atoms with Crippen molar-refractivity contribution in [3.63, 3.8) is 0 Å². The third-order valence-corrected chi connectivity index (χ3v) is 3.64. The van der Waals surface area contributed by atoms with E-state index in [1.165, 1.54) is 29.8 Å². The normalized spacial score (nSPS) is 20.4. The van der Waals surface area contributed by atoms with E-state index in [1.54, 1.807) is 7.11 Å². The molecule has 0 amide bonds. The first-order valence-corrected chi connectivity index (χ1v) is 6.46. The lowest BCUT2D eigenvalue weighted by Gasteiger charge is -2.15. The SMILES string of the molecule is CCC(OC)c1nc2c(c(C3CC3)n1)CNC2. The number of hydrogen-bond acceptors (Lipinski definition) is 4. The van der Waals surface area contributed by atoms with Gasteiger partial charge in [-0.25, -0.2) is 9.97 Å². The fourth-order valence-electron chi connectivity index (χ4n) is 2.51. The molecule has 1 atom stereocenters. The van der Waals surface area contributed by atoms with E-state index in [9.17, 15) is 0 Å². The predicted octanol–water partition coefficient (Wildman–Crippen LogP) is 2.05. The van der Waals surface area contributed by atoms with Crippen LogP contribution in [0.15, 0.2) is 0 Å². The monoisotopic (exact) mass is 233 g/mol. The van der Waals surface area contributed by atoms with Crippen LogP contribution >= 0.6 is 0 Å². The number of rotatable bonds is 4. The number of nitrogens with one attached hydrogen (secondary N) is 1. The minimum Gasteiger partial charge on any atom is -0.373 e. The summed E-state index contributed by atoms with van der Waals surface area (Å²) in [5, 5.41) is 3.37. The zero-order chi connectivity index (χ0) is 11.8. The van der Waals surface area contributed by atoms with Crippen molar-refractivity contribution in [2.24, 2.45) is 0 Å². The molecule has 1 aliphatic heterocycles. The van der Waals surface area contributed by atoms with Gasteiger partial charge in [-0.1, -0.05) is 6.92 Å². The Labute approximate surface area is 102 Å². The van der Waals surface area contributed by atoms with Crippen LogP contribution < -0.4 is 5.32 Å². The lowest BCUT2D eigenvalue weighted by atomic mass is 10.1. The van der Waals surface area contributed by atoms with E-state index in [0.29, 0.717) is 5.92 Å².